The molecule has 1 aromatic rings. The molecule has 0 spiro atoms. The van der Waals surface area contributed by atoms with E-state index in [1.54, 1.807) is 0 Å². The smallest absolute Gasteiger partial charge is 0.237 e. The standard InChI is InChI=1S/C18H27F2N3O/c1-11(2)22-18(24)17-8-15(10-23(17)12(3)4)21-9-13-5-6-14(19)7-16(13)20/h5-7,11-12,15,17,21H,8-10H2,1-4H3,(H,22,24)/t15-,17+/m1/s1. The molecule has 0 radical (unpaired) electrons. The van der Waals surface area contributed by atoms with Gasteiger partial charge in [-0.25, -0.2) is 8.78 Å². The first kappa shape index (κ1) is 18.8. The minimum Gasteiger partial charge on any atom is -0.353 e. The first-order chi connectivity index (χ1) is 11.3. The summed E-state index contributed by atoms with van der Waals surface area (Å²) in [6, 6.07) is 3.88. The van der Waals surface area contributed by atoms with E-state index in [1.807, 2.05) is 13.8 Å². The van der Waals surface area contributed by atoms with Crippen molar-refractivity contribution in [3.8, 4) is 0 Å². The van der Waals surface area contributed by atoms with Crippen LogP contribution in [-0.4, -0.2) is 41.5 Å². The van der Waals surface area contributed by atoms with Gasteiger partial charge in [-0.1, -0.05) is 6.07 Å². The second-order valence-electron chi connectivity index (χ2n) is 7.02. The van der Waals surface area contributed by atoms with Gasteiger partial charge in [-0.05, 0) is 40.2 Å². The highest BCUT2D eigenvalue weighted by molar-refractivity contribution is 5.82. The van der Waals surface area contributed by atoms with Gasteiger partial charge in [-0.2, -0.15) is 0 Å². The lowest BCUT2D eigenvalue weighted by molar-refractivity contribution is -0.126. The zero-order valence-electron chi connectivity index (χ0n) is 14.8. The Balaban J connectivity index is 1.98. The molecule has 24 heavy (non-hydrogen) atoms. The highest BCUT2D eigenvalue weighted by Crippen LogP contribution is 2.22. The van der Waals surface area contributed by atoms with Gasteiger partial charge in [0, 0.05) is 42.8 Å². The summed E-state index contributed by atoms with van der Waals surface area (Å²) in [4.78, 5) is 14.6. The van der Waals surface area contributed by atoms with Crippen LogP contribution in [0.25, 0.3) is 0 Å². The van der Waals surface area contributed by atoms with Gasteiger partial charge in [-0.15, -0.1) is 0 Å². The van der Waals surface area contributed by atoms with Crippen LogP contribution in [0.15, 0.2) is 18.2 Å². The van der Waals surface area contributed by atoms with Crippen LogP contribution in [0.2, 0.25) is 0 Å². The first-order valence-electron chi connectivity index (χ1n) is 8.51. The van der Waals surface area contributed by atoms with E-state index >= 15 is 0 Å². The molecule has 1 fully saturated rings. The van der Waals surface area contributed by atoms with Gasteiger partial charge in [0.15, 0.2) is 0 Å². The molecule has 1 aromatic carbocycles. The molecule has 2 rings (SSSR count). The molecule has 1 amide bonds. The van der Waals surface area contributed by atoms with E-state index in [-0.39, 0.29) is 30.1 Å². The maximum absolute atomic E-state index is 13.7. The number of hydrogen-bond acceptors (Lipinski definition) is 3. The minimum absolute atomic E-state index is 0.0379. The van der Waals surface area contributed by atoms with Gasteiger partial charge in [-0.3, -0.25) is 9.69 Å². The van der Waals surface area contributed by atoms with Crippen molar-refractivity contribution in [1.29, 1.82) is 0 Å². The Morgan fingerprint density at radius 3 is 2.58 bits per heavy atom. The fourth-order valence-electron chi connectivity index (χ4n) is 3.14. The normalized spacial score (nSPS) is 21.7. The molecule has 0 unspecified atom stereocenters. The number of nitrogens with zero attached hydrogens (tertiary/aromatic N) is 1. The van der Waals surface area contributed by atoms with Gasteiger partial charge in [0.1, 0.15) is 11.6 Å². The number of halogens is 2. The topological polar surface area (TPSA) is 44.4 Å². The molecule has 0 saturated carbocycles. The highest BCUT2D eigenvalue weighted by Gasteiger charge is 2.37. The quantitative estimate of drug-likeness (QED) is 0.837. The van der Waals surface area contributed by atoms with Crippen molar-refractivity contribution in [1.82, 2.24) is 15.5 Å². The van der Waals surface area contributed by atoms with Crippen LogP contribution in [-0.2, 0) is 11.3 Å². The van der Waals surface area contributed by atoms with Crippen molar-refractivity contribution in [3.05, 3.63) is 35.4 Å². The van der Waals surface area contributed by atoms with E-state index in [1.165, 1.54) is 12.1 Å². The lowest BCUT2D eigenvalue weighted by Gasteiger charge is -2.27. The fourth-order valence-corrected chi connectivity index (χ4v) is 3.14. The van der Waals surface area contributed by atoms with Crippen LogP contribution in [0, 0.1) is 11.6 Å². The Bertz CT molecular complexity index is 577. The molecule has 2 N–H and O–H groups in total. The predicted molar refractivity (Wildman–Crippen MR) is 90.5 cm³/mol. The third-order valence-corrected chi connectivity index (χ3v) is 4.33. The summed E-state index contributed by atoms with van der Waals surface area (Å²) in [7, 11) is 0. The Labute approximate surface area is 142 Å². The Morgan fingerprint density at radius 1 is 1.29 bits per heavy atom. The fraction of sp³-hybridized carbons (Fsp3) is 0.611. The number of benzene rings is 1. The number of amides is 1. The number of rotatable bonds is 6. The van der Waals surface area contributed by atoms with E-state index < -0.39 is 11.6 Å². The lowest BCUT2D eigenvalue weighted by Crippen LogP contribution is -2.47. The molecule has 2 atom stereocenters. The monoisotopic (exact) mass is 339 g/mol. The van der Waals surface area contributed by atoms with Crippen LogP contribution in [0.5, 0.6) is 0 Å². The third-order valence-electron chi connectivity index (χ3n) is 4.33. The number of carbonyl (C=O) groups is 1. The summed E-state index contributed by atoms with van der Waals surface area (Å²) in [6.45, 7) is 9.08. The SMILES string of the molecule is CC(C)NC(=O)[C@@H]1C[C@@H](NCc2ccc(F)cc2F)CN1C(C)C. The van der Waals surface area contributed by atoms with Crippen LogP contribution < -0.4 is 10.6 Å². The number of likely N-dealkylation sites (tertiary alicyclic amines) is 1. The van der Waals surface area contributed by atoms with Gasteiger partial charge >= 0.3 is 0 Å². The van der Waals surface area contributed by atoms with E-state index in [9.17, 15) is 13.6 Å². The van der Waals surface area contributed by atoms with Gasteiger partial charge in [0.2, 0.25) is 5.91 Å². The van der Waals surface area contributed by atoms with Crippen LogP contribution in [0.4, 0.5) is 8.78 Å². The molecule has 0 aliphatic carbocycles. The highest BCUT2D eigenvalue weighted by atomic mass is 19.1. The van der Waals surface area contributed by atoms with Crippen molar-refractivity contribution in [2.24, 2.45) is 0 Å². The van der Waals surface area contributed by atoms with E-state index in [0.717, 1.165) is 12.6 Å². The van der Waals surface area contributed by atoms with Gasteiger partial charge in [0.25, 0.3) is 0 Å². The minimum atomic E-state index is -0.575. The van der Waals surface area contributed by atoms with Crippen molar-refractivity contribution >= 4 is 5.91 Å². The van der Waals surface area contributed by atoms with E-state index in [4.69, 9.17) is 0 Å². The third kappa shape index (κ3) is 4.74. The lowest BCUT2D eigenvalue weighted by atomic mass is 10.1. The van der Waals surface area contributed by atoms with Crippen molar-refractivity contribution < 1.29 is 13.6 Å². The molecular weight excluding hydrogens is 312 g/mol. The molecule has 0 bridgehead atoms. The number of nitrogens with one attached hydrogen (secondary N) is 2. The summed E-state index contributed by atoms with van der Waals surface area (Å²) >= 11 is 0. The second kappa shape index (κ2) is 8.03. The van der Waals surface area contributed by atoms with E-state index in [0.29, 0.717) is 18.5 Å². The molecule has 134 valence electrons. The molecule has 1 aliphatic heterocycles. The maximum Gasteiger partial charge on any atom is 0.237 e. The van der Waals surface area contributed by atoms with Crippen LogP contribution in [0.1, 0.15) is 39.7 Å². The number of carbonyl (C=O) groups excluding carboxylic acids is 1. The average molecular weight is 339 g/mol. The molecule has 1 heterocycles. The average Bonchev–Trinajstić information content (AvgIpc) is 2.90. The summed E-state index contributed by atoms with van der Waals surface area (Å²) < 4.78 is 26.7. The number of hydrogen-bond donors (Lipinski definition) is 2. The molecule has 1 saturated heterocycles. The van der Waals surface area contributed by atoms with Crippen LogP contribution >= 0.6 is 0 Å². The Hall–Kier alpha value is -1.53. The molecule has 6 heteroatoms. The van der Waals surface area contributed by atoms with Crippen molar-refractivity contribution in [2.45, 2.75) is 64.8 Å². The first-order valence-corrected chi connectivity index (χ1v) is 8.51. The van der Waals surface area contributed by atoms with E-state index in [2.05, 4.69) is 29.4 Å². The molecule has 4 nitrogen and oxygen atoms in total. The zero-order valence-corrected chi connectivity index (χ0v) is 14.8. The molecular formula is C18H27F2N3O. The van der Waals surface area contributed by atoms with Gasteiger partial charge in [0.05, 0.1) is 6.04 Å². The molecule has 1 aliphatic rings. The predicted octanol–water partition coefficient (Wildman–Crippen LogP) is 2.43. The largest absolute Gasteiger partial charge is 0.353 e. The maximum atomic E-state index is 13.7. The summed E-state index contributed by atoms with van der Waals surface area (Å²) in [5.74, 6) is -1.08. The Kier molecular flexibility index (Phi) is 6.29. The summed E-state index contributed by atoms with van der Waals surface area (Å²) in [5, 5.41) is 6.27. The van der Waals surface area contributed by atoms with Crippen molar-refractivity contribution in [2.75, 3.05) is 6.54 Å². The molecule has 0 aromatic heterocycles. The van der Waals surface area contributed by atoms with Crippen molar-refractivity contribution in [3.63, 3.8) is 0 Å². The zero-order chi connectivity index (χ0) is 17.9. The summed E-state index contributed by atoms with van der Waals surface area (Å²) in [5.41, 5.74) is 0.433. The Morgan fingerprint density at radius 2 is 2.00 bits per heavy atom. The van der Waals surface area contributed by atoms with Crippen LogP contribution in [0.3, 0.4) is 0 Å². The van der Waals surface area contributed by atoms with Gasteiger partial charge < -0.3 is 10.6 Å². The summed E-state index contributed by atoms with van der Waals surface area (Å²) in [6.07, 6.45) is 0.680. The second-order valence-corrected chi connectivity index (χ2v) is 7.02.